The molecule has 2 heterocycles. The summed E-state index contributed by atoms with van der Waals surface area (Å²) in [7, 11) is 0. The number of halogens is 2. The molecule has 4 rings (SSSR count). The van der Waals surface area contributed by atoms with Gasteiger partial charge in [-0.3, -0.25) is 4.79 Å². The summed E-state index contributed by atoms with van der Waals surface area (Å²) in [4.78, 5) is 19.6. The second-order valence-electron chi connectivity index (χ2n) is 8.82. The summed E-state index contributed by atoms with van der Waals surface area (Å²) in [6, 6.07) is 5.42. The highest BCUT2D eigenvalue weighted by atomic mass is 35.5. The number of β-amino-alcohol motifs (C(OH)–C–C–N with tert-alkyl or cyclic N) is 1. The topological polar surface area (TPSA) is 47.0 Å². The predicted octanol–water partition coefficient (Wildman–Crippen LogP) is 3.66. The zero-order valence-electron chi connectivity index (χ0n) is 17.1. The Hall–Kier alpha value is -1.01. The van der Waals surface area contributed by atoms with Crippen molar-refractivity contribution in [3.05, 3.63) is 28.2 Å². The molecule has 1 amide bonds. The number of benzene rings is 1. The van der Waals surface area contributed by atoms with Crippen LogP contribution in [0.5, 0.6) is 0 Å². The lowest BCUT2D eigenvalue weighted by molar-refractivity contribution is -0.134. The van der Waals surface area contributed by atoms with Gasteiger partial charge in [0.15, 0.2) is 0 Å². The number of hydrogen-bond acceptors (Lipinski definition) is 4. The number of aliphatic hydroxyl groups is 1. The summed E-state index contributed by atoms with van der Waals surface area (Å²) in [6.07, 6.45) is 5.05. The standard InChI is InChI=1S/C22H31Cl2N3O2/c1-2-19-21(29)26(12-13-27(19)16-4-5-17(23)18(24)14-16)10-3-9-25-11-8-22(6-7-22)20(28)15-25/h4-5,14,19-20,28H,2-3,6-13,15H2,1H3. The third-order valence-corrected chi connectivity index (χ3v) is 7.80. The van der Waals surface area contributed by atoms with Crippen molar-refractivity contribution >= 4 is 34.8 Å². The molecular formula is C22H31Cl2N3O2. The smallest absolute Gasteiger partial charge is 0.245 e. The van der Waals surface area contributed by atoms with E-state index in [1.807, 2.05) is 17.0 Å². The van der Waals surface area contributed by atoms with E-state index >= 15 is 0 Å². The molecule has 1 aliphatic carbocycles. The molecule has 2 saturated heterocycles. The second-order valence-corrected chi connectivity index (χ2v) is 9.64. The maximum Gasteiger partial charge on any atom is 0.245 e. The van der Waals surface area contributed by atoms with Crippen molar-refractivity contribution in [3.63, 3.8) is 0 Å². The first-order valence-corrected chi connectivity index (χ1v) is 11.6. The van der Waals surface area contributed by atoms with Crippen LogP contribution in [0.1, 0.15) is 39.0 Å². The Morgan fingerprint density at radius 2 is 1.90 bits per heavy atom. The molecule has 2 aliphatic heterocycles. The van der Waals surface area contributed by atoms with E-state index in [9.17, 15) is 9.90 Å². The van der Waals surface area contributed by atoms with Crippen LogP contribution >= 0.6 is 23.2 Å². The maximum absolute atomic E-state index is 13.1. The van der Waals surface area contributed by atoms with Crippen molar-refractivity contribution in [2.75, 3.05) is 44.2 Å². The molecule has 0 aromatic heterocycles. The number of carbonyl (C=O) groups is 1. The Kier molecular flexibility index (Phi) is 6.31. The summed E-state index contributed by atoms with van der Waals surface area (Å²) in [5.74, 6) is 0.195. The summed E-state index contributed by atoms with van der Waals surface area (Å²) >= 11 is 12.2. The van der Waals surface area contributed by atoms with Gasteiger partial charge >= 0.3 is 0 Å². The molecule has 3 fully saturated rings. The Morgan fingerprint density at radius 3 is 2.55 bits per heavy atom. The number of piperidine rings is 1. The van der Waals surface area contributed by atoms with Crippen molar-refractivity contribution in [2.24, 2.45) is 5.41 Å². The molecule has 5 nitrogen and oxygen atoms in total. The molecule has 1 N–H and O–H groups in total. The van der Waals surface area contributed by atoms with E-state index in [0.717, 1.165) is 64.2 Å². The van der Waals surface area contributed by atoms with Gasteiger partial charge in [-0.2, -0.15) is 0 Å². The van der Waals surface area contributed by atoms with Crippen molar-refractivity contribution in [1.82, 2.24) is 9.80 Å². The van der Waals surface area contributed by atoms with Crippen molar-refractivity contribution in [2.45, 2.75) is 51.2 Å². The predicted molar refractivity (Wildman–Crippen MR) is 118 cm³/mol. The largest absolute Gasteiger partial charge is 0.391 e. The number of aliphatic hydroxyl groups excluding tert-OH is 1. The molecule has 0 bridgehead atoms. The molecule has 3 aliphatic rings. The minimum absolute atomic E-state index is 0.160. The Labute approximate surface area is 183 Å². The minimum atomic E-state index is -0.169. The van der Waals surface area contributed by atoms with Crippen molar-refractivity contribution in [3.8, 4) is 0 Å². The van der Waals surface area contributed by atoms with Gasteiger partial charge in [0.1, 0.15) is 6.04 Å². The lowest BCUT2D eigenvalue weighted by Crippen LogP contribution is -2.57. The molecular weight excluding hydrogens is 409 g/mol. The van der Waals surface area contributed by atoms with Gasteiger partial charge in [-0.1, -0.05) is 30.1 Å². The van der Waals surface area contributed by atoms with Crippen molar-refractivity contribution < 1.29 is 9.90 Å². The SMILES string of the molecule is CCC1C(=O)N(CCCN2CCC3(CC3)C(O)C2)CCN1c1ccc(Cl)c(Cl)c1. The third kappa shape index (κ3) is 4.39. The molecule has 1 saturated carbocycles. The van der Waals surface area contributed by atoms with Crippen LogP contribution in [0, 0.1) is 5.41 Å². The molecule has 1 aromatic carbocycles. The maximum atomic E-state index is 13.1. The molecule has 29 heavy (non-hydrogen) atoms. The number of hydrogen-bond donors (Lipinski definition) is 1. The quantitative estimate of drug-likeness (QED) is 0.734. The fourth-order valence-corrected chi connectivity index (χ4v) is 5.23. The van der Waals surface area contributed by atoms with E-state index in [-0.39, 0.29) is 23.5 Å². The Bertz CT molecular complexity index is 756. The van der Waals surface area contributed by atoms with Gasteiger partial charge in [0, 0.05) is 31.9 Å². The molecule has 160 valence electrons. The monoisotopic (exact) mass is 439 g/mol. The number of nitrogens with zero attached hydrogens (tertiary/aromatic N) is 3. The fourth-order valence-electron chi connectivity index (χ4n) is 4.94. The van der Waals surface area contributed by atoms with Gasteiger partial charge in [0.2, 0.25) is 5.91 Å². The highest BCUT2D eigenvalue weighted by Gasteiger charge is 2.51. The van der Waals surface area contributed by atoms with E-state index in [1.165, 1.54) is 12.8 Å². The average Bonchev–Trinajstić information content (AvgIpc) is 3.49. The van der Waals surface area contributed by atoms with E-state index in [2.05, 4.69) is 16.7 Å². The summed E-state index contributed by atoms with van der Waals surface area (Å²) in [5, 5.41) is 11.4. The van der Waals surface area contributed by atoms with Crippen LogP contribution < -0.4 is 4.90 Å². The number of carbonyl (C=O) groups excluding carboxylic acids is 1. The van der Waals surface area contributed by atoms with Gasteiger partial charge in [-0.15, -0.1) is 0 Å². The van der Waals surface area contributed by atoms with Crippen LogP contribution in [0.2, 0.25) is 10.0 Å². The third-order valence-electron chi connectivity index (χ3n) is 7.06. The zero-order chi connectivity index (χ0) is 20.6. The zero-order valence-corrected chi connectivity index (χ0v) is 18.6. The minimum Gasteiger partial charge on any atom is -0.391 e. The van der Waals surface area contributed by atoms with Gasteiger partial charge in [-0.05, 0) is 68.8 Å². The first-order valence-electron chi connectivity index (χ1n) is 10.8. The number of rotatable bonds is 6. The average molecular weight is 440 g/mol. The fraction of sp³-hybridized carbons (Fsp3) is 0.682. The lowest BCUT2D eigenvalue weighted by Gasteiger charge is -2.42. The lowest BCUT2D eigenvalue weighted by atomic mass is 9.90. The van der Waals surface area contributed by atoms with E-state index in [4.69, 9.17) is 23.2 Å². The number of piperazine rings is 1. The van der Waals surface area contributed by atoms with Gasteiger partial charge in [0.05, 0.1) is 16.1 Å². The highest BCUT2D eigenvalue weighted by Crippen LogP contribution is 2.53. The number of likely N-dealkylation sites (tertiary alicyclic amines) is 1. The van der Waals surface area contributed by atoms with Crippen LogP contribution in [0.15, 0.2) is 18.2 Å². The molecule has 2 unspecified atom stereocenters. The second kappa shape index (κ2) is 8.62. The Morgan fingerprint density at radius 1 is 1.10 bits per heavy atom. The van der Waals surface area contributed by atoms with E-state index in [1.54, 1.807) is 6.07 Å². The Balaban J connectivity index is 1.30. The van der Waals surface area contributed by atoms with Crippen LogP contribution in [-0.2, 0) is 4.79 Å². The van der Waals surface area contributed by atoms with Gasteiger partial charge in [0.25, 0.3) is 0 Å². The van der Waals surface area contributed by atoms with E-state index in [0.29, 0.717) is 10.0 Å². The summed E-state index contributed by atoms with van der Waals surface area (Å²) < 4.78 is 0. The first-order chi connectivity index (χ1) is 13.9. The molecule has 1 aromatic rings. The van der Waals surface area contributed by atoms with Crippen molar-refractivity contribution in [1.29, 1.82) is 0 Å². The summed E-state index contributed by atoms with van der Waals surface area (Å²) in [6.45, 7) is 7.17. The van der Waals surface area contributed by atoms with Crippen LogP contribution in [0.3, 0.4) is 0 Å². The highest BCUT2D eigenvalue weighted by molar-refractivity contribution is 6.42. The number of anilines is 1. The molecule has 0 radical (unpaired) electrons. The van der Waals surface area contributed by atoms with Gasteiger partial charge < -0.3 is 19.8 Å². The molecule has 2 atom stereocenters. The normalized spacial score (nSPS) is 27.0. The number of amides is 1. The van der Waals surface area contributed by atoms with E-state index < -0.39 is 0 Å². The molecule has 7 heteroatoms. The van der Waals surface area contributed by atoms with Crippen LogP contribution in [0.25, 0.3) is 0 Å². The first kappa shape index (κ1) is 21.2. The van der Waals surface area contributed by atoms with Crippen LogP contribution in [-0.4, -0.2) is 72.2 Å². The summed E-state index contributed by atoms with van der Waals surface area (Å²) in [5.41, 5.74) is 1.21. The van der Waals surface area contributed by atoms with Crippen LogP contribution in [0.4, 0.5) is 5.69 Å². The molecule has 1 spiro atoms. The van der Waals surface area contributed by atoms with Gasteiger partial charge in [-0.25, -0.2) is 0 Å².